The zero-order valence-corrected chi connectivity index (χ0v) is 27.6. The Morgan fingerprint density at radius 2 is 1.60 bits per heavy atom. The van der Waals surface area contributed by atoms with Crippen LogP contribution in [0.5, 0.6) is 5.75 Å². The van der Waals surface area contributed by atoms with Gasteiger partial charge >= 0.3 is 0 Å². The number of piperazine rings is 1. The molecule has 2 fully saturated rings. The molecule has 8 nitrogen and oxygen atoms in total. The average molecular weight is 612 g/mol. The minimum atomic E-state index is -0.158. The normalized spacial score (nSPS) is 17.4. The zero-order chi connectivity index (χ0) is 31.9. The first kappa shape index (κ1) is 32.5. The molecule has 0 bridgehead atoms. The van der Waals surface area contributed by atoms with Crippen molar-refractivity contribution in [1.82, 2.24) is 14.7 Å². The molecule has 0 radical (unpaired) electrons. The van der Waals surface area contributed by atoms with Crippen molar-refractivity contribution in [3.63, 3.8) is 0 Å². The Kier molecular flexibility index (Phi) is 10.8. The lowest BCUT2D eigenvalue weighted by Gasteiger charge is -2.38. The Hall–Kier alpha value is -3.88. The number of amides is 2. The van der Waals surface area contributed by atoms with Crippen molar-refractivity contribution in [1.29, 1.82) is 0 Å². The van der Waals surface area contributed by atoms with Gasteiger partial charge in [-0.15, -0.1) is 0 Å². The Labute approximate surface area is 268 Å². The lowest BCUT2D eigenvalue weighted by atomic mass is 9.95. The molecule has 5 rings (SSSR count). The van der Waals surface area contributed by atoms with Crippen LogP contribution in [0.15, 0.2) is 60.7 Å². The van der Waals surface area contributed by atoms with Gasteiger partial charge < -0.3 is 29.7 Å². The second kappa shape index (κ2) is 14.9. The maximum Gasteiger partial charge on any atom is 0.255 e. The largest absolute Gasteiger partial charge is 0.495 e. The molecule has 2 aliphatic rings. The summed E-state index contributed by atoms with van der Waals surface area (Å²) < 4.78 is 5.62. The van der Waals surface area contributed by atoms with Crippen molar-refractivity contribution >= 4 is 23.2 Å². The van der Waals surface area contributed by atoms with Gasteiger partial charge in [0.25, 0.3) is 11.8 Å². The molecule has 2 amide bonds. The molecule has 0 saturated carbocycles. The summed E-state index contributed by atoms with van der Waals surface area (Å²) in [6.45, 7) is 14.0. The number of hydrogen-bond donors (Lipinski definition) is 1. The first-order valence-corrected chi connectivity index (χ1v) is 16.5. The summed E-state index contributed by atoms with van der Waals surface area (Å²) in [6.07, 6.45) is 3.31. The van der Waals surface area contributed by atoms with Crippen LogP contribution in [0.25, 0.3) is 11.1 Å². The quantitative estimate of drug-likeness (QED) is 0.303. The van der Waals surface area contributed by atoms with Crippen molar-refractivity contribution in [3.8, 4) is 16.9 Å². The Morgan fingerprint density at radius 1 is 0.889 bits per heavy atom. The van der Waals surface area contributed by atoms with Crippen LogP contribution in [-0.2, 0) is 0 Å². The number of ether oxygens (including phenoxy) is 1. The second-order valence-corrected chi connectivity index (χ2v) is 12.4. The minimum Gasteiger partial charge on any atom is -0.495 e. The van der Waals surface area contributed by atoms with Gasteiger partial charge in [-0.1, -0.05) is 32.0 Å². The van der Waals surface area contributed by atoms with E-state index in [1.165, 1.54) is 6.42 Å². The van der Waals surface area contributed by atoms with Crippen molar-refractivity contribution in [3.05, 3.63) is 77.4 Å². The predicted molar refractivity (Wildman–Crippen MR) is 184 cm³/mol. The van der Waals surface area contributed by atoms with Crippen LogP contribution in [0.4, 0.5) is 11.4 Å². The highest BCUT2D eigenvalue weighted by atomic mass is 16.5. The van der Waals surface area contributed by atoms with Crippen LogP contribution >= 0.6 is 0 Å². The number of methoxy groups -OCH3 is 1. The van der Waals surface area contributed by atoms with Gasteiger partial charge in [-0.2, -0.15) is 0 Å². The highest BCUT2D eigenvalue weighted by Crippen LogP contribution is 2.33. The molecule has 45 heavy (non-hydrogen) atoms. The molecule has 2 saturated heterocycles. The summed E-state index contributed by atoms with van der Waals surface area (Å²) in [4.78, 5) is 36.0. The summed E-state index contributed by atoms with van der Waals surface area (Å²) in [5.74, 6) is 0.776. The number of likely N-dealkylation sites (tertiary alicyclic amines) is 1. The maximum absolute atomic E-state index is 13.6. The summed E-state index contributed by atoms with van der Waals surface area (Å²) in [7, 11) is 3.81. The van der Waals surface area contributed by atoms with E-state index in [9.17, 15) is 9.59 Å². The number of piperidine rings is 1. The topological polar surface area (TPSA) is 68.4 Å². The highest BCUT2D eigenvalue weighted by molar-refractivity contribution is 6.05. The van der Waals surface area contributed by atoms with Gasteiger partial charge in [0.2, 0.25) is 0 Å². The van der Waals surface area contributed by atoms with E-state index in [4.69, 9.17) is 4.74 Å². The van der Waals surface area contributed by atoms with Crippen LogP contribution in [0.2, 0.25) is 0 Å². The summed E-state index contributed by atoms with van der Waals surface area (Å²) in [5.41, 5.74) is 6.19. The smallest absolute Gasteiger partial charge is 0.255 e. The van der Waals surface area contributed by atoms with Gasteiger partial charge in [0.1, 0.15) is 5.75 Å². The Balaban J connectivity index is 1.26. The van der Waals surface area contributed by atoms with Crippen LogP contribution in [0.1, 0.15) is 59.4 Å². The van der Waals surface area contributed by atoms with E-state index >= 15 is 0 Å². The third-order valence-corrected chi connectivity index (χ3v) is 9.46. The Morgan fingerprint density at radius 3 is 2.27 bits per heavy atom. The van der Waals surface area contributed by atoms with Crippen molar-refractivity contribution in [2.24, 2.45) is 0 Å². The van der Waals surface area contributed by atoms with Gasteiger partial charge in [0, 0.05) is 62.1 Å². The standard InChI is InChI=1S/C37H49N5O3/c1-6-40(7-2)26-32-10-8-9-19-42(32)37(44)30-15-17-33(27(3)24-30)28-11-13-29(14-12-28)36(43)38-31-16-18-35(45-5)34(25-31)41-22-20-39(4)21-23-41/h11-18,24-25,32H,6-10,19-23,26H2,1-5H3,(H,38,43). The molecule has 2 heterocycles. The van der Waals surface area contributed by atoms with E-state index < -0.39 is 0 Å². The first-order chi connectivity index (χ1) is 21.8. The fourth-order valence-electron chi connectivity index (χ4n) is 6.59. The van der Waals surface area contributed by atoms with Gasteiger partial charge in [0.15, 0.2) is 0 Å². The van der Waals surface area contributed by atoms with E-state index in [0.29, 0.717) is 5.56 Å². The van der Waals surface area contributed by atoms with Gasteiger partial charge in [-0.05, 0) is 105 Å². The van der Waals surface area contributed by atoms with E-state index in [1.807, 2.05) is 60.7 Å². The van der Waals surface area contributed by atoms with Gasteiger partial charge in [-0.25, -0.2) is 0 Å². The third kappa shape index (κ3) is 7.68. The van der Waals surface area contributed by atoms with Gasteiger partial charge in [0.05, 0.1) is 12.8 Å². The van der Waals surface area contributed by atoms with Crippen molar-refractivity contribution < 1.29 is 14.3 Å². The molecule has 1 atom stereocenters. The lowest BCUT2D eigenvalue weighted by molar-refractivity contribution is 0.0551. The molecule has 0 spiro atoms. The van der Waals surface area contributed by atoms with Crippen LogP contribution in [0.3, 0.4) is 0 Å². The molecule has 1 N–H and O–H groups in total. The molecule has 0 aliphatic carbocycles. The molecule has 8 heteroatoms. The zero-order valence-electron chi connectivity index (χ0n) is 27.6. The number of nitrogens with zero attached hydrogens (tertiary/aromatic N) is 4. The molecular formula is C37H49N5O3. The monoisotopic (exact) mass is 611 g/mol. The fourth-order valence-corrected chi connectivity index (χ4v) is 6.59. The highest BCUT2D eigenvalue weighted by Gasteiger charge is 2.29. The summed E-state index contributed by atoms with van der Waals surface area (Å²) in [5, 5.41) is 3.07. The Bertz CT molecular complexity index is 1460. The van der Waals surface area contributed by atoms with E-state index in [1.54, 1.807) is 7.11 Å². The van der Waals surface area contributed by atoms with Crippen molar-refractivity contribution in [2.75, 3.05) is 76.7 Å². The lowest BCUT2D eigenvalue weighted by Crippen LogP contribution is -2.49. The van der Waals surface area contributed by atoms with Crippen LogP contribution < -0.4 is 15.0 Å². The number of carbonyl (C=O) groups is 2. The molecule has 3 aromatic rings. The van der Waals surface area contributed by atoms with E-state index in [-0.39, 0.29) is 17.9 Å². The third-order valence-electron chi connectivity index (χ3n) is 9.46. The number of nitrogens with one attached hydrogen (secondary N) is 1. The molecule has 2 aliphatic heterocycles. The number of likely N-dealkylation sites (N-methyl/N-ethyl adjacent to an activating group) is 2. The number of carbonyl (C=O) groups excluding carboxylic acids is 2. The number of rotatable bonds is 10. The summed E-state index contributed by atoms with van der Waals surface area (Å²) >= 11 is 0. The first-order valence-electron chi connectivity index (χ1n) is 16.5. The molecule has 240 valence electrons. The predicted octanol–water partition coefficient (Wildman–Crippen LogP) is 6.01. The SMILES string of the molecule is CCN(CC)CC1CCCCN1C(=O)c1ccc(-c2ccc(C(=O)Nc3ccc(OC)c(N4CCN(C)CC4)c3)cc2)c(C)c1. The van der Waals surface area contributed by atoms with Crippen LogP contribution in [-0.4, -0.2) is 99.1 Å². The van der Waals surface area contributed by atoms with Crippen molar-refractivity contribution in [2.45, 2.75) is 46.1 Å². The average Bonchev–Trinajstić information content (AvgIpc) is 3.07. The number of aryl methyl sites for hydroxylation is 1. The summed E-state index contributed by atoms with van der Waals surface area (Å²) in [6, 6.07) is 19.8. The second-order valence-electron chi connectivity index (χ2n) is 12.4. The van der Waals surface area contributed by atoms with Crippen LogP contribution in [0, 0.1) is 6.92 Å². The molecule has 3 aromatic carbocycles. The maximum atomic E-state index is 13.6. The fraction of sp³-hybridized carbons (Fsp3) is 0.459. The minimum absolute atomic E-state index is 0.128. The van der Waals surface area contributed by atoms with Gasteiger partial charge in [-0.3, -0.25) is 9.59 Å². The van der Waals surface area contributed by atoms with E-state index in [2.05, 4.69) is 52.7 Å². The number of anilines is 2. The van der Waals surface area contributed by atoms with E-state index in [0.717, 1.165) is 105 Å². The molecule has 1 unspecified atom stereocenters. The number of benzene rings is 3. The molecule has 0 aromatic heterocycles. The number of hydrogen-bond acceptors (Lipinski definition) is 6. The molecular weight excluding hydrogens is 562 g/mol.